The predicted octanol–water partition coefficient (Wildman–Crippen LogP) is -1.84. The topological polar surface area (TPSA) is 191 Å². The zero-order valence-corrected chi connectivity index (χ0v) is 23.7. The maximum Gasteiger partial charge on any atom is 0.252 e. The van der Waals surface area contributed by atoms with Crippen molar-refractivity contribution in [2.45, 2.75) is 57.1 Å². The number of nitrogens with zero attached hydrogens (tertiary/aromatic N) is 5. The molecule has 4 rings (SSSR count). The summed E-state index contributed by atoms with van der Waals surface area (Å²) in [6.45, 7) is 9.41. The van der Waals surface area contributed by atoms with Gasteiger partial charge in [-0.15, -0.1) is 0 Å². The second-order valence-electron chi connectivity index (χ2n) is 10.3. The van der Waals surface area contributed by atoms with Crippen LogP contribution in [-0.2, 0) is 14.3 Å². The number of rotatable bonds is 10. The van der Waals surface area contributed by atoms with Gasteiger partial charge in [0.05, 0.1) is 6.33 Å². The number of nitrogens with one attached hydrogen (secondary N) is 5. The largest absolute Gasteiger partial charge is 0.387 e. The Kier molecular flexibility index (Phi) is 12.0. The van der Waals surface area contributed by atoms with E-state index in [1.54, 1.807) is 0 Å². The Bertz CT molecular complexity index is 1110. The number of ether oxygens (including phenoxy) is 1. The average Bonchev–Trinajstić information content (AvgIpc) is 3.52. The number of carbonyl (C=O) groups is 2. The highest BCUT2D eigenvalue weighted by molar-refractivity contribution is 5.83. The van der Waals surface area contributed by atoms with Gasteiger partial charge in [-0.3, -0.25) is 14.2 Å². The van der Waals surface area contributed by atoms with Gasteiger partial charge in [0.2, 0.25) is 5.91 Å². The van der Waals surface area contributed by atoms with Crippen LogP contribution in [0.1, 0.15) is 38.8 Å². The van der Waals surface area contributed by atoms with E-state index in [1.807, 2.05) is 11.8 Å². The van der Waals surface area contributed by atoms with Crippen LogP contribution in [0.2, 0.25) is 0 Å². The molecule has 0 saturated carbocycles. The lowest BCUT2D eigenvalue weighted by molar-refractivity contribution is -0.137. The van der Waals surface area contributed by atoms with Crippen molar-refractivity contribution in [3.8, 4) is 0 Å². The van der Waals surface area contributed by atoms with Gasteiger partial charge in [-0.1, -0.05) is 6.92 Å². The molecule has 7 N–H and O–H groups in total. The molecule has 4 heterocycles. The van der Waals surface area contributed by atoms with Crippen molar-refractivity contribution < 1.29 is 24.5 Å². The normalized spacial score (nSPS) is 24.5. The summed E-state index contributed by atoms with van der Waals surface area (Å²) in [6, 6.07) is 0. The molecule has 2 aromatic rings. The molecule has 0 spiro atoms. The van der Waals surface area contributed by atoms with Gasteiger partial charge in [-0.25, -0.2) is 15.0 Å². The van der Waals surface area contributed by atoms with Crippen LogP contribution in [0.5, 0.6) is 0 Å². The van der Waals surface area contributed by atoms with Crippen LogP contribution < -0.4 is 26.6 Å². The monoisotopic (exact) mass is 576 g/mol. The molecular formula is C26H44N10O5. The second kappa shape index (κ2) is 15.9. The fourth-order valence-corrected chi connectivity index (χ4v) is 4.91. The lowest BCUT2D eigenvalue weighted by atomic mass is 10.1. The molecule has 15 nitrogen and oxygen atoms in total. The summed E-state index contributed by atoms with van der Waals surface area (Å²) >= 11 is 0. The molecule has 2 aromatic heterocycles. The number of carbonyl (C=O) groups excluding carboxylic acids is 2. The summed E-state index contributed by atoms with van der Waals surface area (Å²) in [5.74, 6) is 0.134. The minimum atomic E-state index is -1.43. The first-order valence-electron chi connectivity index (χ1n) is 14.6. The van der Waals surface area contributed by atoms with E-state index in [0.717, 1.165) is 45.7 Å². The standard InChI is InChI=1S/C26H44N10O5/c1-2-6-30-23-19-24(33-16-32-23)36(17-34-19)26-21(39)20(38)22(41-26)25(40)31-7-4-3-5-18(37)35-14-12-28-10-8-27-9-11-29-13-15-35/h16-17,20-22,26-29,38-39H,2-15H2,1H3,(H,31,40)(H,30,32,33)/t20-,21+,22-,26+/m0/s1. The molecule has 2 amide bonds. The van der Waals surface area contributed by atoms with Crippen LogP contribution in [0.25, 0.3) is 11.2 Å². The molecule has 0 aliphatic carbocycles. The lowest BCUT2D eigenvalue weighted by Crippen LogP contribution is -2.44. The molecule has 4 atom stereocenters. The fourth-order valence-electron chi connectivity index (χ4n) is 4.91. The van der Waals surface area contributed by atoms with Crippen LogP contribution in [-0.4, -0.2) is 130 Å². The van der Waals surface area contributed by atoms with Crippen LogP contribution in [0.15, 0.2) is 12.7 Å². The zero-order valence-electron chi connectivity index (χ0n) is 23.7. The number of hydrogen-bond acceptors (Lipinski definition) is 12. The van der Waals surface area contributed by atoms with Gasteiger partial charge >= 0.3 is 0 Å². The first-order chi connectivity index (χ1) is 20.0. The molecule has 228 valence electrons. The van der Waals surface area contributed by atoms with E-state index in [0.29, 0.717) is 62.4 Å². The van der Waals surface area contributed by atoms with Gasteiger partial charge in [-0.2, -0.15) is 0 Å². The van der Waals surface area contributed by atoms with Crippen molar-refractivity contribution in [1.29, 1.82) is 0 Å². The van der Waals surface area contributed by atoms with Crippen molar-refractivity contribution in [3.63, 3.8) is 0 Å². The minimum Gasteiger partial charge on any atom is -0.387 e. The van der Waals surface area contributed by atoms with E-state index in [4.69, 9.17) is 4.74 Å². The molecular weight excluding hydrogens is 532 g/mol. The first kappa shape index (κ1) is 31.0. The first-order valence-corrected chi connectivity index (χ1v) is 14.6. The Morgan fingerprint density at radius 3 is 2.39 bits per heavy atom. The summed E-state index contributed by atoms with van der Waals surface area (Å²) in [7, 11) is 0. The van der Waals surface area contributed by atoms with E-state index in [1.165, 1.54) is 17.2 Å². The molecule has 2 saturated heterocycles. The van der Waals surface area contributed by atoms with Crippen molar-refractivity contribution in [1.82, 2.24) is 45.7 Å². The Balaban J connectivity index is 1.23. The van der Waals surface area contributed by atoms with E-state index in [9.17, 15) is 19.8 Å². The molecule has 2 aliphatic heterocycles. The number of fused-ring (bicyclic) bond motifs is 1. The molecule has 0 bridgehead atoms. The van der Waals surface area contributed by atoms with E-state index >= 15 is 0 Å². The number of anilines is 1. The molecule has 41 heavy (non-hydrogen) atoms. The van der Waals surface area contributed by atoms with E-state index < -0.39 is 30.4 Å². The summed E-state index contributed by atoms with van der Waals surface area (Å²) < 4.78 is 7.31. The van der Waals surface area contributed by atoms with Gasteiger partial charge < -0.3 is 46.4 Å². The summed E-state index contributed by atoms with van der Waals surface area (Å²) in [6.07, 6.45) is 0.268. The summed E-state index contributed by atoms with van der Waals surface area (Å²) in [5, 5.41) is 37.3. The van der Waals surface area contributed by atoms with Crippen LogP contribution in [0.3, 0.4) is 0 Å². The third-order valence-electron chi connectivity index (χ3n) is 7.22. The average molecular weight is 577 g/mol. The van der Waals surface area contributed by atoms with E-state index in [2.05, 4.69) is 41.5 Å². The number of amides is 2. The minimum absolute atomic E-state index is 0.0973. The Hall–Kier alpha value is -2.95. The maximum atomic E-state index is 12.8. The number of aromatic nitrogens is 4. The van der Waals surface area contributed by atoms with Gasteiger partial charge in [0.15, 0.2) is 29.3 Å². The SMILES string of the molecule is CCCNc1ncnc2c1ncn2[C@@H]1O[C@H](C(=O)NCCCCC(=O)N2CCNCCNCCNCC2)[C@@H](O)[C@H]1O. The highest BCUT2D eigenvalue weighted by Gasteiger charge is 2.47. The van der Waals surface area contributed by atoms with Crippen molar-refractivity contribution >= 4 is 28.8 Å². The van der Waals surface area contributed by atoms with E-state index in [-0.39, 0.29) is 5.91 Å². The number of hydrogen-bond donors (Lipinski definition) is 7. The summed E-state index contributed by atoms with van der Waals surface area (Å²) in [4.78, 5) is 40.3. The van der Waals surface area contributed by atoms with Crippen LogP contribution in [0.4, 0.5) is 5.82 Å². The number of unbranched alkanes of at least 4 members (excludes halogenated alkanes) is 1. The molecule has 0 radical (unpaired) electrons. The Labute approximate surface area is 239 Å². The fraction of sp³-hybridized carbons (Fsp3) is 0.731. The molecule has 0 unspecified atom stereocenters. The van der Waals surface area contributed by atoms with Crippen molar-refractivity contribution in [2.75, 3.05) is 70.8 Å². The second-order valence-corrected chi connectivity index (χ2v) is 10.3. The maximum absolute atomic E-state index is 12.8. The quantitative estimate of drug-likeness (QED) is 0.157. The smallest absolute Gasteiger partial charge is 0.252 e. The third kappa shape index (κ3) is 8.30. The number of aliphatic hydroxyl groups is 2. The highest BCUT2D eigenvalue weighted by Crippen LogP contribution is 2.32. The van der Waals surface area contributed by atoms with Crippen LogP contribution in [0, 0.1) is 0 Å². The van der Waals surface area contributed by atoms with Crippen molar-refractivity contribution in [3.05, 3.63) is 12.7 Å². The Morgan fingerprint density at radius 1 is 0.976 bits per heavy atom. The lowest BCUT2D eigenvalue weighted by Gasteiger charge is -2.24. The third-order valence-corrected chi connectivity index (χ3v) is 7.22. The van der Waals surface area contributed by atoms with Crippen LogP contribution >= 0.6 is 0 Å². The van der Waals surface area contributed by atoms with Gasteiger partial charge in [-0.05, 0) is 19.3 Å². The van der Waals surface area contributed by atoms with Gasteiger partial charge in [0.1, 0.15) is 18.5 Å². The molecule has 2 aliphatic rings. The number of aliphatic hydroxyl groups excluding tert-OH is 2. The molecule has 2 fully saturated rings. The number of imidazole rings is 1. The summed E-state index contributed by atoms with van der Waals surface area (Å²) in [5.41, 5.74) is 0.924. The highest BCUT2D eigenvalue weighted by atomic mass is 16.6. The molecule has 15 heteroatoms. The van der Waals surface area contributed by atoms with Gasteiger partial charge in [0.25, 0.3) is 5.91 Å². The van der Waals surface area contributed by atoms with Crippen molar-refractivity contribution in [2.24, 2.45) is 0 Å². The molecule has 0 aromatic carbocycles. The van der Waals surface area contributed by atoms with Gasteiger partial charge in [0, 0.05) is 71.9 Å². The predicted molar refractivity (Wildman–Crippen MR) is 152 cm³/mol. The zero-order chi connectivity index (χ0) is 29.0. The Morgan fingerprint density at radius 2 is 1.68 bits per heavy atom.